The number of nitrogens with zero attached hydrogens (tertiary/aromatic N) is 1. The number of pyridine rings is 1. The van der Waals surface area contributed by atoms with E-state index in [1.165, 1.54) is 32.5 Å². The molecule has 0 amide bonds. The highest BCUT2D eigenvalue weighted by atomic mass is 79.9. The molecule has 2 aromatic rings. The van der Waals surface area contributed by atoms with Crippen molar-refractivity contribution in [2.45, 2.75) is 6.10 Å². The van der Waals surface area contributed by atoms with Gasteiger partial charge in [0.05, 0.1) is 14.2 Å². The summed E-state index contributed by atoms with van der Waals surface area (Å²) < 4.78 is 24.9. The van der Waals surface area contributed by atoms with E-state index in [0.29, 0.717) is 10.0 Å². The number of benzene rings is 1. The van der Waals surface area contributed by atoms with Gasteiger partial charge in [0.15, 0.2) is 11.6 Å². The van der Waals surface area contributed by atoms with E-state index in [1.54, 1.807) is 12.1 Å². The maximum atomic E-state index is 14.2. The van der Waals surface area contributed by atoms with Crippen LogP contribution in [0.5, 0.6) is 11.6 Å². The Morgan fingerprint density at radius 3 is 2.65 bits per heavy atom. The lowest BCUT2D eigenvalue weighted by molar-refractivity contribution is 0.206. The summed E-state index contributed by atoms with van der Waals surface area (Å²) in [7, 11) is 2.81. The molecule has 1 N–H and O–H groups in total. The molecule has 1 unspecified atom stereocenters. The minimum atomic E-state index is -1.20. The van der Waals surface area contributed by atoms with Gasteiger partial charge >= 0.3 is 0 Å². The Morgan fingerprint density at radius 2 is 2.00 bits per heavy atom. The van der Waals surface area contributed by atoms with Gasteiger partial charge < -0.3 is 14.6 Å². The van der Waals surface area contributed by atoms with Crippen LogP contribution >= 0.6 is 15.9 Å². The second kappa shape index (κ2) is 6.19. The first-order valence-electron chi connectivity index (χ1n) is 5.78. The number of hydrogen-bond donors (Lipinski definition) is 1. The summed E-state index contributed by atoms with van der Waals surface area (Å²) in [6.07, 6.45) is 0.335. The Kier molecular flexibility index (Phi) is 4.57. The summed E-state index contributed by atoms with van der Waals surface area (Å²) in [6.45, 7) is 0. The van der Waals surface area contributed by atoms with Crippen molar-refractivity contribution in [3.63, 3.8) is 0 Å². The molecule has 106 valence electrons. The van der Waals surface area contributed by atoms with Crippen LogP contribution in [0.4, 0.5) is 4.39 Å². The third kappa shape index (κ3) is 2.76. The number of rotatable bonds is 4. The fourth-order valence-electron chi connectivity index (χ4n) is 1.87. The smallest absolute Gasteiger partial charge is 0.219 e. The number of aliphatic hydroxyl groups excluding tert-OH is 1. The average molecular weight is 342 g/mol. The molecule has 20 heavy (non-hydrogen) atoms. The van der Waals surface area contributed by atoms with Crippen LogP contribution in [0.3, 0.4) is 0 Å². The molecule has 0 fully saturated rings. The molecule has 0 saturated heterocycles. The Bertz CT molecular complexity index is 621. The van der Waals surface area contributed by atoms with E-state index in [9.17, 15) is 9.50 Å². The SMILES string of the molecule is COc1cccc(C(O)c2cc(Br)cnc2OC)c1F. The maximum absolute atomic E-state index is 14.2. The molecular weight excluding hydrogens is 329 g/mol. The van der Waals surface area contributed by atoms with Crippen LogP contribution in [0.25, 0.3) is 0 Å². The summed E-state index contributed by atoms with van der Waals surface area (Å²) in [5.74, 6) is -0.295. The van der Waals surface area contributed by atoms with Gasteiger partial charge in [0.1, 0.15) is 6.10 Å². The largest absolute Gasteiger partial charge is 0.494 e. The zero-order valence-corrected chi connectivity index (χ0v) is 12.5. The second-order valence-corrected chi connectivity index (χ2v) is 4.93. The third-order valence-electron chi connectivity index (χ3n) is 2.84. The van der Waals surface area contributed by atoms with E-state index in [4.69, 9.17) is 9.47 Å². The highest BCUT2D eigenvalue weighted by Gasteiger charge is 2.22. The Labute approximate surface area is 124 Å². The third-order valence-corrected chi connectivity index (χ3v) is 3.27. The number of ether oxygens (including phenoxy) is 2. The van der Waals surface area contributed by atoms with Gasteiger partial charge in [-0.3, -0.25) is 0 Å². The molecule has 0 bridgehead atoms. The standard InChI is InChI=1S/C14H13BrFNO3/c1-19-11-5-3-4-9(12(11)16)13(18)10-6-8(15)7-17-14(10)20-2/h3-7,13,18H,1-2H3. The highest BCUT2D eigenvalue weighted by Crippen LogP contribution is 2.33. The molecule has 6 heteroatoms. The van der Waals surface area contributed by atoms with Crippen molar-refractivity contribution in [3.8, 4) is 11.6 Å². The lowest BCUT2D eigenvalue weighted by atomic mass is 10.0. The van der Waals surface area contributed by atoms with Crippen LogP contribution in [0.15, 0.2) is 34.9 Å². The van der Waals surface area contributed by atoms with E-state index in [2.05, 4.69) is 20.9 Å². The monoisotopic (exact) mass is 341 g/mol. The van der Waals surface area contributed by atoms with E-state index < -0.39 is 11.9 Å². The molecule has 2 rings (SSSR count). The van der Waals surface area contributed by atoms with Crippen molar-refractivity contribution >= 4 is 15.9 Å². The molecule has 0 radical (unpaired) electrons. The highest BCUT2D eigenvalue weighted by molar-refractivity contribution is 9.10. The van der Waals surface area contributed by atoms with Gasteiger partial charge in [0.25, 0.3) is 0 Å². The molecule has 0 aliphatic carbocycles. The molecule has 1 atom stereocenters. The van der Waals surface area contributed by atoms with Crippen molar-refractivity contribution < 1.29 is 19.0 Å². The van der Waals surface area contributed by atoms with Crippen molar-refractivity contribution in [3.05, 3.63) is 51.9 Å². The van der Waals surface area contributed by atoms with Crippen molar-refractivity contribution in [1.29, 1.82) is 0 Å². The van der Waals surface area contributed by atoms with Crippen molar-refractivity contribution in [1.82, 2.24) is 4.98 Å². The van der Waals surface area contributed by atoms with Gasteiger partial charge in [-0.25, -0.2) is 9.37 Å². The van der Waals surface area contributed by atoms with Crippen molar-refractivity contribution in [2.24, 2.45) is 0 Å². The van der Waals surface area contributed by atoms with Gasteiger partial charge in [-0.15, -0.1) is 0 Å². The summed E-state index contributed by atoms with van der Waals surface area (Å²) in [6, 6.07) is 6.22. The summed E-state index contributed by atoms with van der Waals surface area (Å²) in [4.78, 5) is 4.03. The molecule has 1 heterocycles. The first-order chi connectivity index (χ1) is 9.58. The second-order valence-electron chi connectivity index (χ2n) is 4.02. The number of hydrogen-bond acceptors (Lipinski definition) is 4. The quantitative estimate of drug-likeness (QED) is 0.928. The number of methoxy groups -OCH3 is 2. The van der Waals surface area contributed by atoms with Gasteiger partial charge in [-0.05, 0) is 28.1 Å². The molecule has 0 saturated carbocycles. The zero-order chi connectivity index (χ0) is 14.7. The molecule has 0 aliphatic rings. The van der Waals surface area contributed by atoms with Crippen LogP contribution in [-0.2, 0) is 0 Å². The first kappa shape index (κ1) is 14.7. The first-order valence-corrected chi connectivity index (χ1v) is 6.57. The predicted octanol–water partition coefficient (Wildman–Crippen LogP) is 3.08. The minimum Gasteiger partial charge on any atom is -0.494 e. The predicted molar refractivity (Wildman–Crippen MR) is 75.5 cm³/mol. The average Bonchev–Trinajstić information content (AvgIpc) is 2.46. The van der Waals surface area contributed by atoms with Crippen molar-refractivity contribution in [2.75, 3.05) is 14.2 Å². The van der Waals surface area contributed by atoms with Crippen LogP contribution in [0.2, 0.25) is 0 Å². The number of aliphatic hydroxyl groups is 1. The summed E-state index contributed by atoms with van der Waals surface area (Å²) in [5.41, 5.74) is 0.469. The molecule has 1 aromatic carbocycles. The number of aromatic nitrogens is 1. The van der Waals surface area contributed by atoms with Gasteiger partial charge in [0.2, 0.25) is 5.88 Å². The van der Waals surface area contributed by atoms with Gasteiger partial charge in [-0.1, -0.05) is 12.1 Å². The van der Waals surface area contributed by atoms with E-state index in [1.807, 2.05) is 0 Å². The molecule has 1 aromatic heterocycles. The van der Waals surface area contributed by atoms with Gasteiger partial charge in [0, 0.05) is 21.8 Å². The van der Waals surface area contributed by atoms with Crippen LogP contribution in [0, 0.1) is 5.82 Å². The molecule has 0 aliphatic heterocycles. The zero-order valence-electron chi connectivity index (χ0n) is 10.9. The lowest BCUT2D eigenvalue weighted by Crippen LogP contribution is -2.07. The van der Waals surface area contributed by atoms with Gasteiger partial charge in [-0.2, -0.15) is 0 Å². The van der Waals surface area contributed by atoms with E-state index >= 15 is 0 Å². The number of halogens is 2. The lowest BCUT2D eigenvalue weighted by Gasteiger charge is -2.16. The molecule has 0 spiro atoms. The fourth-order valence-corrected chi connectivity index (χ4v) is 2.22. The Balaban J connectivity index is 2.51. The Hall–Kier alpha value is -1.66. The van der Waals surface area contributed by atoms with Crippen LogP contribution in [-0.4, -0.2) is 24.3 Å². The fraction of sp³-hybridized carbons (Fsp3) is 0.214. The topological polar surface area (TPSA) is 51.6 Å². The van der Waals surface area contributed by atoms with E-state index in [0.717, 1.165) is 0 Å². The maximum Gasteiger partial charge on any atom is 0.219 e. The summed E-state index contributed by atoms with van der Waals surface area (Å²) >= 11 is 3.27. The van der Waals surface area contributed by atoms with Crippen LogP contribution in [0.1, 0.15) is 17.2 Å². The minimum absolute atomic E-state index is 0.0727. The molecule has 4 nitrogen and oxygen atoms in total. The molecular formula is C14H13BrFNO3. The summed E-state index contributed by atoms with van der Waals surface area (Å²) in [5, 5.41) is 10.4. The van der Waals surface area contributed by atoms with Crippen LogP contribution < -0.4 is 9.47 Å². The normalized spacial score (nSPS) is 12.1. The van der Waals surface area contributed by atoms with E-state index in [-0.39, 0.29) is 17.2 Å². The Morgan fingerprint density at radius 1 is 1.25 bits per heavy atom.